The van der Waals surface area contributed by atoms with Gasteiger partial charge in [0, 0.05) is 48.4 Å². The van der Waals surface area contributed by atoms with E-state index in [-0.39, 0.29) is 11.8 Å². The second-order valence-electron chi connectivity index (χ2n) is 6.71. The van der Waals surface area contributed by atoms with Crippen LogP contribution in [-0.4, -0.2) is 52.8 Å². The largest absolute Gasteiger partial charge is 0.342 e. The molecule has 2 atom stereocenters. The van der Waals surface area contributed by atoms with Crippen LogP contribution in [0.3, 0.4) is 0 Å². The maximum atomic E-state index is 12.5. The van der Waals surface area contributed by atoms with Gasteiger partial charge in [-0.25, -0.2) is 4.98 Å². The molecular formula is C18H18ClN3O2S. The fourth-order valence-corrected chi connectivity index (χ4v) is 4.38. The molecule has 1 aromatic heterocycles. The summed E-state index contributed by atoms with van der Waals surface area (Å²) < 4.78 is 0. The van der Waals surface area contributed by atoms with Crippen molar-refractivity contribution in [1.82, 2.24) is 14.8 Å². The zero-order valence-electron chi connectivity index (χ0n) is 13.6. The summed E-state index contributed by atoms with van der Waals surface area (Å²) >= 11 is 7.32. The lowest BCUT2D eigenvalue weighted by Crippen LogP contribution is -2.36. The first-order valence-corrected chi connectivity index (χ1v) is 9.62. The highest BCUT2D eigenvalue weighted by molar-refractivity contribution is 7.07. The Labute approximate surface area is 155 Å². The lowest BCUT2D eigenvalue weighted by Gasteiger charge is -2.21. The number of carbonyl (C=O) groups excluding carboxylic acids is 2. The first-order valence-electron chi connectivity index (χ1n) is 8.30. The van der Waals surface area contributed by atoms with Gasteiger partial charge in [-0.3, -0.25) is 9.59 Å². The molecule has 25 heavy (non-hydrogen) atoms. The highest BCUT2D eigenvalue weighted by Gasteiger charge is 2.43. The molecule has 3 heterocycles. The van der Waals surface area contributed by atoms with Crippen LogP contribution < -0.4 is 0 Å². The number of likely N-dealkylation sites (tertiary alicyclic amines) is 2. The molecule has 2 fully saturated rings. The Balaban J connectivity index is 1.33. The Kier molecular flexibility index (Phi) is 4.48. The molecule has 0 unspecified atom stereocenters. The van der Waals surface area contributed by atoms with Crippen LogP contribution in [0.1, 0.15) is 16.1 Å². The third-order valence-electron chi connectivity index (χ3n) is 5.05. The van der Waals surface area contributed by atoms with Crippen LogP contribution in [0.25, 0.3) is 0 Å². The number of aromatic nitrogens is 1. The topological polar surface area (TPSA) is 53.5 Å². The van der Waals surface area contributed by atoms with Gasteiger partial charge in [0.2, 0.25) is 5.91 Å². The van der Waals surface area contributed by atoms with Gasteiger partial charge in [-0.2, -0.15) is 0 Å². The van der Waals surface area contributed by atoms with Crippen LogP contribution in [0.2, 0.25) is 5.02 Å². The van der Waals surface area contributed by atoms with Crippen molar-refractivity contribution in [3.8, 4) is 0 Å². The van der Waals surface area contributed by atoms with E-state index in [1.807, 2.05) is 34.1 Å². The van der Waals surface area contributed by atoms with Gasteiger partial charge in [0.1, 0.15) is 5.69 Å². The number of rotatable bonds is 3. The number of benzene rings is 1. The Morgan fingerprint density at radius 2 is 1.72 bits per heavy atom. The highest BCUT2D eigenvalue weighted by Crippen LogP contribution is 2.32. The third-order valence-corrected chi connectivity index (χ3v) is 5.88. The Morgan fingerprint density at radius 3 is 2.32 bits per heavy atom. The van der Waals surface area contributed by atoms with Crippen molar-refractivity contribution in [2.24, 2.45) is 11.8 Å². The molecule has 130 valence electrons. The summed E-state index contributed by atoms with van der Waals surface area (Å²) in [6.45, 7) is 2.90. The molecule has 2 aliphatic heterocycles. The van der Waals surface area contributed by atoms with E-state index in [1.165, 1.54) is 11.3 Å². The highest BCUT2D eigenvalue weighted by atomic mass is 35.5. The molecule has 7 heteroatoms. The van der Waals surface area contributed by atoms with E-state index in [4.69, 9.17) is 11.6 Å². The molecule has 0 saturated carbocycles. The zero-order valence-corrected chi connectivity index (χ0v) is 15.2. The number of carbonyl (C=O) groups is 2. The molecule has 2 amide bonds. The molecule has 0 N–H and O–H groups in total. The fourth-order valence-electron chi connectivity index (χ4n) is 3.73. The van der Waals surface area contributed by atoms with Crippen molar-refractivity contribution in [1.29, 1.82) is 0 Å². The number of amides is 2. The summed E-state index contributed by atoms with van der Waals surface area (Å²) in [6, 6.07) is 7.41. The van der Waals surface area contributed by atoms with Crippen LogP contribution in [0.15, 0.2) is 35.2 Å². The zero-order chi connectivity index (χ0) is 17.4. The molecule has 0 aliphatic carbocycles. The molecule has 4 rings (SSSR count). The lowest BCUT2D eigenvalue weighted by atomic mass is 10.0. The minimum atomic E-state index is 0.00897. The van der Waals surface area contributed by atoms with Crippen molar-refractivity contribution in [3.05, 3.63) is 51.4 Å². The number of thiazole rings is 1. The summed E-state index contributed by atoms with van der Waals surface area (Å²) in [5.41, 5.74) is 3.19. The van der Waals surface area contributed by atoms with Gasteiger partial charge in [0.15, 0.2) is 0 Å². The van der Waals surface area contributed by atoms with E-state index in [2.05, 4.69) is 4.98 Å². The van der Waals surface area contributed by atoms with Crippen LogP contribution in [-0.2, 0) is 11.2 Å². The molecule has 0 bridgehead atoms. The number of halogens is 1. The van der Waals surface area contributed by atoms with Gasteiger partial charge in [-0.05, 0) is 17.7 Å². The van der Waals surface area contributed by atoms with Crippen LogP contribution in [0.5, 0.6) is 0 Å². The second kappa shape index (κ2) is 6.77. The van der Waals surface area contributed by atoms with Gasteiger partial charge in [0.25, 0.3) is 5.91 Å². The van der Waals surface area contributed by atoms with E-state index in [1.54, 1.807) is 10.9 Å². The molecule has 2 saturated heterocycles. The molecule has 2 aromatic rings. The van der Waals surface area contributed by atoms with Crippen LogP contribution in [0, 0.1) is 11.8 Å². The number of fused-ring (bicyclic) bond motifs is 1. The van der Waals surface area contributed by atoms with Gasteiger partial charge in [-0.1, -0.05) is 23.7 Å². The molecule has 1 aromatic carbocycles. The van der Waals surface area contributed by atoms with Crippen molar-refractivity contribution in [2.75, 3.05) is 26.2 Å². The standard InChI is InChI=1S/C18H18ClN3O2S/c19-15-3-1-12(2-4-15)5-17(23)21-6-13-8-22(9-14(13)7-21)18(24)16-10-25-11-20-16/h1-4,10-11,13-14H,5-9H2/t13-,14+. The Morgan fingerprint density at radius 1 is 1.08 bits per heavy atom. The SMILES string of the molecule is O=C(Cc1ccc(Cl)cc1)N1C[C@@H]2CN(C(=O)c3cscn3)C[C@@H]2C1. The van der Waals surface area contributed by atoms with E-state index in [0.29, 0.717) is 42.1 Å². The van der Waals surface area contributed by atoms with E-state index in [0.717, 1.165) is 18.7 Å². The van der Waals surface area contributed by atoms with E-state index in [9.17, 15) is 9.59 Å². The Bertz CT molecular complexity index is 764. The van der Waals surface area contributed by atoms with Crippen LogP contribution >= 0.6 is 22.9 Å². The average Bonchev–Trinajstić information content (AvgIpc) is 3.32. The maximum Gasteiger partial charge on any atom is 0.273 e. The van der Waals surface area contributed by atoms with Gasteiger partial charge in [0.05, 0.1) is 11.9 Å². The first kappa shape index (κ1) is 16.5. The van der Waals surface area contributed by atoms with Gasteiger partial charge in [-0.15, -0.1) is 11.3 Å². The minimum absolute atomic E-state index is 0.00897. The number of nitrogens with zero attached hydrogens (tertiary/aromatic N) is 3. The quantitative estimate of drug-likeness (QED) is 0.828. The monoisotopic (exact) mass is 375 g/mol. The molecular weight excluding hydrogens is 358 g/mol. The molecule has 0 spiro atoms. The Hall–Kier alpha value is -1.92. The molecule has 5 nitrogen and oxygen atoms in total. The molecule has 0 radical (unpaired) electrons. The number of hydrogen-bond acceptors (Lipinski definition) is 4. The maximum absolute atomic E-state index is 12.5. The number of hydrogen-bond donors (Lipinski definition) is 0. The summed E-state index contributed by atoms with van der Waals surface area (Å²) in [6.07, 6.45) is 0.401. The smallest absolute Gasteiger partial charge is 0.273 e. The summed E-state index contributed by atoms with van der Waals surface area (Å²) in [4.78, 5) is 32.9. The normalized spacial score (nSPS) is 22.3. The summed E-state index contributed by atoms with van der Waals surface area (Å²) in [7, 11) is 0. The van der Waals surface area contributed by atoms with E-state index >= 15 is 0 Å². The predicted octanol–water partition coefficient (Wildman–Crippen LogP) is 2.57. The van der Waals surface area contributed by atoms with Crippen molar-refractivity contribution in [3.63, 3.8) is 0 Å². The predicted molar refractivity (Wildman–Crippen MR) is 96.7 cm³/mol. The summed E-state index contributed by atoms with van der Waals surface area (Å²) in [5, 5.41) is 2.47. The third kappa shape index (κ3) is 3.41. The van der Waals surface area contributed by atoms with Gasteiger partial charge < -0.3 is 9.80 Å². The molecule has 2 aliphatic rings. The second-order valence-corrected chi connectivity index (χ2v) is 7.86. The van der Waals surface area contributed by atoms with Crippen molar-refractivity contribution >= 4 is 34.8 Å². The van der Waals surface area contributed by atoms with E-state index < -0.39 is 0 Å². The lowest BCUT2D eigenvalue weighted by molar-refractivity contribution is -0.129. The van der Waals surface area contributed by atoms with Gasteiger partial charge >= 0.3 is 0 Å². The van der Waals surface area contributed by atoms with Crippen molar-refractivity contribution < 1.29 is 9.59 Å². The van der Waals surface area contributed by atoms with Crippen molar-refractivity contribution in [2.45, 2.75) is 6.42 Å². The van der Waals surface area contributed by atoms with Crippen LogP contribution in [0.4, 0.5) is 0 Å². The fraction of sp³-hybridized carbons (Fsp3) is 0.389. The minimum Gasteiger partial charge on any atom is -0.342 e. The average molecular weight is 376 g/mol. The first-order chi connectivity index (χ1) is 12.1. The summed E-state index contributed by atoms with van der Waals surface area (Å²) in [5.74, 6) is 0.900.